The highest BCUT2D eigenvalue weighted by Gasteiger charge is 2.36. The Labute approximate surface area is 180 Å². The third-order valence-corrected chi connectivity index (χ3v) is 6.45. The zero-order valence-corrected chi connectivity index (χ0v) is 17.4. The summed E-state index contributed by atoms with van der Waals surface area (Å²) in [6.45, 7) is 2.05. The third kappa shape index (κ3) is 3.42. The Kier molecular flexibility index (Phi) is 4.89. The summed E-state index contributed by atoms with van der Waals surface area (Å²) in [6.07, 6.45) is 2.06. The first kappa shape index (κ1) is 18.7. The molecule has 0 N–H and O–H groups in total. The van der Waals surface area contributed by atoms with Crippen molar-refractivity contribution >= 4 is 23.4 Å². The number of carbonyl (C=O) groups excluding carboxylic acids is 1. The minimum Gasteiger partial charge on any atom is -0.295 e. The highest BCUT2D eigenvalue weighted by Crippen LogP contribution is 2.45. The van der Waals surface area contributed by atoms with E-state index in [-0.39, 0.29) is 11.3 Å². The van der Waals surface area contributed by atoms with E-state index < -0.39 is 0 Å². The van der Waals surface area contributed by atoms with Crippen LogP contribution in [0, 0.1) is 6.92 Å². The average molecular weight is 412 g/mol. The van der Waals surface area contributed by atoms with Gasteiger partial charge in [-0.3, -0.25) is 9.69 Å². The lowest BCUT2D eigenvalue weighted by Crippen LogP contribution is -2.27. The van der Waals surface area contributed by atoms with Crippen LogP contribution in [-0.4, -0.2) is 21.4 Å². The highest BCUT2D eigenvalue weighted by atomic mass is 32.2. The van der Waals surface area contributed by atoms with E-state index in [4.69, 9.17) is 5.10 Å². The molecule has 1 aliphatic heterocycles. The number of hydrogen-bond donors (Lipinski definition) is 0. The molecule has 5 heteroatoms. The Morgan fingerprint density at radius 3 is 2.23 bits per heavy atom. The van der Waals surface area contributed by atoms with Gasteiger partial charge < -0.3 is 0 Å². The van der Waals surface area contributed by atoms with Crippen LogP contribution in [0.5, 0.6) is 0 Å². The molecule has 0 saturated carbocycles. The molecule has 1 aliphatic rings. The molecule has 0 bridgehead atoms. The van der Waals surface area contributed by atoms with E-state index in [1.165, 1.54) is 5.56 Å². The van der Waals surface area contributed by atoms with Gasteiger partial charge in [-0.1, -0.05) is 66.2 Å². The van der Waals surface area contributed by atoms with E-state index in [1.54, 1.807) is 11.8 Å². The van der Waals surface area contributed by atoms with Gasteiger partial charge in [0.05, 0.1) is 17.1 Å². The van der Waals surface area contributed by atoms with Gasteiger partial charge in [-0.2, -0.15) is 5.10 Å². The van der Waals surface area contributed by atoms with Gasteiger partial charge in [0, 0.05) is 23.0 Å². The van der Waals surface area contributed by atoms with Crippen LogP contribution in [0.3, 0.4) is 0 Å². The van der Waals surface area contributed by atoms with Crippen LogP contribution >= 0.6 is 11.8 Å². The van der Waals surface area contributed by atoms with Gasteiger partial charge in [-0.05, 0) is 31.2 Å². The first-order chi connectivity index (χ1) is 14.7. The van der Waals surface area contributed by atoms with Crippen molar-refractivity contribution in [1.82, 2.24) is 9.78 Å². The largest absolute Gasteiger partial charge is 0.295 e. The maximum Gasteiger partial charge on any atom is 0.238 e. The minimum atomic E-state index is -0.118. The smallest absolute Gasteiger partial charge is 0.238 e. The van der Waals surface area contributed by atoms with Crippen molar-refractivity contribution in [1.29, 1.82) is 0 Å². The minimum absolute atomic E-state index is 0.118. The van der Waals surface area contributed by atoms with Crippen molar-refractivity contribution in [2.75, 3.05) is 10.7 Å². The zero-order chi connectivity index (χ0) is 20.5. The lowest BCUT2D eigenvalue weighted by atomic mass is 10.1. The molecule has 5 rings (SSSR count). The van der Waals surface area contributed by atoms with Crippen LogP contribution in [0.15, 0.2) is 91.1 Å². The second kappa shape index (κ2) is 7.84. The van der Waals surface area contributed by atoms with E-state index in [0.29, 0.717) is 5.75 Å². The van der Waals surface area contributed by atoms with Gasteiger partial charge in [0.1, 0.15) is 5.37 Å². The SMILES string of the molecule is Cc1ccc(N2C(=O)CSC2c2cn(-c3ccccc3)nc2-c2ccccc2)cc1. The Morgan fingerprint density at radius 2 is 1.53 bits per heavy atom. The van der Waals surface area contributed by atoms with Crippen molar-refractivity contribution in [3.8, 4) is 16.9 Å². The summed E-state index contributed by atoms with van der Waals surface area (Å²) in [5, 5.41) is 4.81. The lowest BCUT2D eigenvalue weighted by Gasteiger charge is -2.24. The van der Waals surface area contributed by atoms with Crippen molar-refractivity contribution in [3.63, 3.8) is 0 Å². The Hall–Kier alpha value is -3.31. The topological polar surface area (TPSA) is 38.1 Å². The fourth-order valence-corrected chi connectivity index (χ4v) is 4.92. The van der Waals surface area contributed by atoms with E-state index in [9.17, 15) is 4.79 Å². The first-order valence-corrected chi connectivity index (χ1v) is 11.0. The molecule has 30 heavy (non-hydrogen) atoms. The molecule has 1 fully saturated rings. The van der Waals surface area contributed by atoms with Gasteiger partial charge in [-0.25, -0.2) is 4.68 Å². The second-order valence-electron chi connectivity index (χ2n) is 7.34. The molecule has 148 valence electrons. The number of para-hydroxylation sites is 1. The van der Waals surface area contributed by atoms with Crippen molar-refractivity contribution in [3.05, 3.63) is 102 Å². The molecule has 3 aromatic carbocycles. The number of amides is 1. The van der Waals surface area contributed by atoms with Gasteiger partial charge in [0.15, 0.2) is 0 Å². The highest BCUT2D eigenvalue weighted by molar-refractivity contribution is 8.00. The van der Waals surface area contributed by atoms with Crippen molar-refractivity contribution < 1.29 is 4.79 Å². The Morgan fingerprint density at radius 1 is 0.867 bits per heavy atom. The number of nitrogens with zero attached hydrogens (tertiary/aromatic N) is 3. The predicted molar refractivity (Wildman–Crippen MR) is 123 cm³/mol. The maximum absolute atomic E-state index is 12.8. The van der Waals surface area contributed by atoms with Crippen LogP contribution in [0.25, 0.3) is 16.9 Å². The van der Waals surface area contributed by atoms with Crippen LogP contribution in [0.2, 0.25) is 0 Å². The summed E-state index contributed by atoms with van der Waals surface area (Å²) in [5.41, 5.74) is 6.09. The monoisotopic (exact) mass is 411 g/mol. The van der Waals surface area contributed by atoms with Crippen LogP contribution in [0.1, 0.15) is 16.5 Å². The molecule has 4 aromatic rings. The maximum atomic E-state index is 12.8. The summed E-state index contributed by atoms with van der Waals surface area (Å²) in [5.74, 6) is 0.587. The number of aromatic nitrogens is 2. The van der Waals surface area contributed by atoms with Gasteiger partial charge in [-0.15, -0.1) is 11.8 Å². The van der Waals surface area contributed by atoms with Gasteiger partial charge in [0.25, 0.3) is 0 Å². The molecule has 1 atom stereocenters. The zero-order valence-electron chi connectivity index (χ0n) is 16.6. The number of aryl methyl sites for hydroxylation is 1. The Balaban J connectivity index is 1.64. The third-order valence-electron chi connectivity index (χ3n) is 5.26. The standard InChI is InChI=1S/C25H21N3OS/c1-18-12-14-21(15-13-18)28-23(29)17-30-25(28)22-16-27(20-10-6-3-7-11-20)26-24(22)19-8-4-2-5-9-19/h2-16,25H,17H2,1H3. The van der Waals surface area contributed by atoms with E-state index >= 15 is 0 Å². The van der Waals surface area contributed by atoms with Crippen LogP contribution < -0.4 is 4.90 Å². The number of rotatable bonds is 4. The number of thioether (sulfide) groups is 1. The Bertz CT molecular complexity index is 1170. The molecule has 0 spiro atoms. The molecule has 1 amide bonds. The first-order valence-electron chi connectivity index (χ1n) is 9.91. The molecule has 2 heterocycles. The number of benzene rings is 3. The normalized spacial score (nSPS) is 16.2. The van der Waals surface area contributed by atoms with Crippen LogP contribution in [0.4, 0.5) is 5.69 Å². The molecule has 1 saturated heterocycles. The van der Waals surface area contributed by atoms with E-state index in [0.717, 1.165) is 28.2 Å². The number of carbonyl (C=O) groups is 1. The second-order valence-corrected chi connectivity index (χ2v) is 8.41. The van der Waals surface area contributed by atoms with E-state index in [1.807, 2.05) is 82.4 Å². The number of hydrogen-bond acceptors (Lipinski definition) is 3. The molecule has 0 aliphatic carbocycles. The summed E-state index contributed by atoms with van der Waals surface area (Å²) < 4.78 is 1.91. The molecule has 4 nitrogen and oxygen atoms in total. The molecule has 1 aromatic heterocycles. The summed E-state index contributed by atoms with van der Waals surface area (Å²) in [7, 11) is 0. The summed E-state index contributed by atoms with van der Waals surface area (Å²) >= 11 is 1.65. The molecule has 1 unspecified atom stereocenters. The summed E-state index contributed by atoms with van der Waals surface area (Å²) in [6, 6.07) is 28.4. The quantitative estimate of drug-likeness (QED) is 0.437. The average Bonchev–Trinajstić information content (AvgIpc) is 3.39. The fourth-order valence-electron chi connectivity index (χ4n) is 3.74. The van der Waals surface area contributed by atoms with Crippen LogP contribution in [-0.2, 0) is 4.79 Å². The lowest BCUT2D eigenvalue weighted by molar-refractivity contribution is -0.115. The molecular weight excluding hydrogens is 390 g/mol. The summed E-state index contributed by atoms with van der Waals surface area (Å²) in [4.78, 5) is 14.8. The molecule has 0 radical (unpaired) electrons. The van der Waals surface area contributed by atoms with Gasteiger partial charge in [0.2, 0.25) is 5.91 Å². The number of anilines is 1. The van der Waals surface area contributed by atoms with E-state index in [2.05, 4.69) is 25.3 Å². The molecular formula is C25H21N3OS. The van der Waals surface area contributed by atoms with Gasteiger partial charge >= 0.3 is 0 Å². The predicted octanol–water partition coefficient (Wildman–Crippen LogP) is 5.63. The van der Waals surface area contributed by atoms with Crippen molar-refractivity contribution in [2.24, 2.45) is 0 Å². The van der Waals surface area contributed by atoms with Crippen molar-refractivity contribution in [2.45, 2.75) is 12.3 Å². The fraction of sp³-hybridized carbons (Fsp3) is 0.120.